The predicted octanol–water partition coefficient (Wildman–Crippen LogP) is -0.360. The van der Waals surface area contributed by atoms with Crippen molar-refractivity contribution in [2.75, 3.05) is 27.2 Å². The number of hydrogen-bond acceptors (Lipinski definition) is 4. The number of nitrogens with one attached hydrogen (secondary N) is 1. The van der Waals surface area contributed by atoms with Crippen LogP contribution in [0.4, 0.5) is 0 Å². The quantitative estimate of drug-likeness (QED) is 0.650. The van der Waals surface area contributed by atoms with E-state index in [1.54, 1.807) is 18.9 Å². The van der Waals surface area contributed by atoms with Gasteiger partial charge in [-0.15, -0.1) is 0 Å². The van der Waals surface area contributed by atoms with Crippen LogP contribution in [-0.4, -0.2) is 55.5 Å². The fourth-order valence-corrected chi connectivity index (χ4v) is 1.65. The Balaban J connectivity index is 0.00000106. The van der Waals surface area contributed by atoms with Crippen molar-refractivity contribution in [3.05, 3.63) is 0 Å². The third kappa shape index (κ3) is 4.28. The zero-order valence-electron chi connectivity index (χ0n) is 10.3. The summed E-state index contributed by atoms with van der Waals surface area (Å²) in [6.45, 7) is 3.55. The first-order valence-corrected chi connectivity index (χ1v) is 5.54. The van der Waals surface area contributed by atoms with Crippen molar-refractivity contribution in [1.82, 2.24) is 10.2 Å². The lowest BCUT2D eigenvalue weighted by atomic mass is 9.96. The molecule has 94 valence electrons. The molecular formula is C11H22N2O3. The first kappa shape index (κ1) is 15.1. The number of carbonyl (C=O) groups is 2. The number of piperidine rings is 1. The Morgan fingerprint density at radius 3 is 2.38 bits per heavy atom. The van der Waals surface area contributed by atoms with Gasteiger partial charge in [-0.25, -0.2) is 0 Å². The molecule has 16 heavy (non-hydrogen) atoms. The summed E-state index contributed by atoms with van der Waals surface area (Å²) in [7, 11) is 2.70. The Morgan fingerprint density at radius 1 is 1.44 bits per heavy atom. The largest absolute Gasteiger partial charge is 0.400 e. The van der Waals surface area contributed by atoms with Crippen molar-refractivity contribution >= 4 is 12.2 Å². The zero-order chi connectivity index (χ0) is 12.6. The van der Waals surface area contributed by atoms with Gasteiger partial charge in [0.15, 0.2) is 0 Å². The van der Waals surface area contributed by atoms with Crippen molar-refractivity contribution in [3.63, 3.8) is 0 Å². The van der Waals surface area contributed by atoms with E-state index in [2.05, 4.69) is 5.32 Å². The summed E-state index contributed by atoms with van der Waals surface area (Å²) < 4.78 is 0. The van der Waals surface area contributed by atoms with E-state index in [4.69, 9.17) is 5.11 Å². The van der Waals surface area contributed by atoms with Crippen LogP contribution in [0.2, 0.25) is 0 Å². The van der Waals surface area contributed by atoms with Gasteiger partial charge in [0, 0.05) is 20.1 Å². The molecule has 0 bridgehead atoms. The van der Waals surface area contributed by atoms with Crippen molar-refractivity contribution in [2.24, 2.45) is 5.92 Å². The summed E-state index contributed by atoms with van der Waals surface area (Å²) in [6, 6.07) is -0.308. The molecule has 0 spiro atoms. The van der Waals surface area contributed by atoms with Gasteiger partial charge >= 0.3 is 0 Å². The Bertz CT molecular complexity index is 215. The lowest BCUT2D eigenvalue weighted by Gasteiger charge is -2.28. The second kappa shape index (κ2) is 8.24. The van der Waals surface area contributed by atoms with Crippen LogP contribution in [0.15, 0.2) is 0 Å². The summed E-state index contributed by atoms with van der Waals surface area (Å²) in [6.07, 6.45) is 2.57. The van der Waals surface area contributed by atoms with E-state index in [1.165, 1.54) is 0 Å². The van der Waals surface area contributed by atoms with Crippen LogP contribution in [0.5, 0.6) is 0 Å². The lowest BCUT2D eigenvalue weighted by molar-refractivity contribution is -0.138. The minimum Gasteiger partial charge on any atom is -0.400 e. The summed E-state index contributed by atoms with van der Waals surface area (Å²) in [5.41, 5.74) is 0. The van der Waals surface area contributed by atoms with Crippen molar-refractivity contribution in [1.29, 1.82) is 0 Å². The number of nitrogens with zero attached hydrogens (tertiary/aromatic N) is 1. The second-order valence-corrected chi connectivity index (χ2v) is 3.85. The minimum atomic E-state index is -0.308. The van der Waals surface area contributed by atoms with Crippen molar-refractivity contribution in [3.8, 4) is 0 Å². The van der Waals surface area contributed by atoms with Crippen molar-refractivity contribution < 1.29 is 14.7 Å². The summed E-state index contributed by atoms with van der Waals surface area (Å²) in [5, 5.41) is 10.2. The average Bonchev–Trinajstić information content (AvgIpc) is 2.39. The maximum Gasteiger partial charge on any atom is 0.226 e. The fourth-order valence-electron chi connectivity index (χ4n) is 1.65. The molecule has 0 aromatic rings. The molecule has 1 rings (SSSR count). The number of hydrogen-bond donors (Lipinski definition) is 2. The maximum absolute atomic E-state index is 11.8. The highest BCUT2D eigenvalue weighted by molar-refractivity contribution is 5.81. The molecule has 5 nitrogen and oxygen atoms in total. The molecule has 1 atom stereocenters. The van der Waals surface area contributed by atoms with Gasteiger partial charge in [-0.1, -0.05) is 0 Å². The van der Waals surface area contributed by atoms with Gasteiger partial charge in [0.1, 0.15) is 6.29 Å². The molecule has 1 saturated heterocycles. The molecule has 1 aliphatic rings. The van der Waals surface area contributed by atoms with E-state index in [9.17, 15) is 9.59 Å². The molecule has 1 fully saturated rings. The molecular weight excluding hydrogens is 208 g/mol. The van der Waals surface area contributed by atoms with Crippen LogP contribution in [0, 0.1) is 5.92 Å². The Morgan fingerprint density at radius 2 is 1.94 bits per heavy atom. The number of amides is 1. The highest BCUT2D eigenvalue weighted by Gasteiger charge is 2.25. The van der Waals surface area contributed by atoms with Crippen LogP contribution >= 0.6 is 0 Å². The number of carbonyl (C=O) groups excluding carboxylic acids is 2. The van der Waals surface area contributed by atoms with Crippen LogP contribution < -0.4 is 5.32 Å². The van der Waals surface area contributed by atoms with E-state index >= 15 is 0 Å². The third-order valence-electron chi connectivity index (χ3n) is 2.84. The average molecular weight is 230 g/mol. The molecule has 0 aromatic carbocycles. The van der Waals surface area contributed by atoms with Crippen molar-refractivity contribution in [2.45, 2.75) is 25.8 Å². The Hall–Kier alpha value is -0.940. The summed E-state index contributed by atoms with van der Waals surface area (Å²) in [5.74, 6) is 0.203. The number of likely N-dealkylation sites (N-methyl/N-ethyl adjacent to an activating group) is 1. The number of rotatable bonds is 3. The van der Waals surface area contributed by atoms with E-state index in [1.807, 2.05) is 0 Å². The lowest BCUT2D eigenvalue weighted by Crippen LogP contribution is -2.43. The number of aliphatic hydroxyl groups excluding tert-OH is 1. The monoisotopic (exact) mass is 230 g/mol. The Labute approximate surface area is 96.8 Å². The molecule has 0 radical (unpaired) electrons. The van der Waals surface area contributed by atoms with Gasteiger partial charge in [-0.05, 0) is 32.9 Å². The molecule has 1 amide bonds. The summed E-state index contributed by atoms with van der Waals surface area (Å²) >= 11 is 0. The topological polar surface area (TPSA) is 69.6 Å². The first-order chi connectivity index (χ1) is 7.66. The van der Waals surface area contributed by atoms with E-state index in [0.29, 0.717) is 0 Å². The van der Waals surface area contributed by atoms with Gasteiger partial charge in [0.25, 0.3) is 0 Å². The fraction of sp³-hybridized carbons (Fsp3) is 0.818. The highest BCUT2D eigenvalue weighted by Crippen LogP contribution is 2.15. The molecule has 5 heteroatoms. The molecule has 2 N–H and O–H groups in total. The van der Waals surface area contributed by atoms with Crippen LogP contribution in [0.1, 0.15) is 19.8 Å². The van der Waals surface area contributed by atoms with Gasteiger partial charge < -0.3 is 20.1 Å². The molecule has 0 saturated carbocycles. The molecule has 0 aliphatic carbocycles. The smallest absolute Gasteiger partial charge is 0.226 e. The van der Waals surface area contributed by atoms with Gasteiger partial charge in [-0.2, -0.15) is 0 Å². The van der Waals surface area contributed by atoms with Crippen LogP contribution in [0.25, 0.3) is 0 Å². The Kier molecular flexibility index (Phi) is 7.76. The summed E-state index contributed by atoms with van der Waals surface area (Å²) in [4.78, 5) is 23.9. The predicted molar refractivity (Wildman–Crippen MR) is 62.0 cm³/mol. The molecule has 0 unspecified atom stereocenters. The van der Waals surface area contributed by atoms with Crippen LogP contribution in [-0.2, 0) is 9.59 Å². The number of aliphatic hydroxyl groups is 1. The first-order valence-electron chi connectivity index (χ1n) is 5.54. The van der Waals surface area contributed by atoms with Gasteiger partial charge in [0.2, 0.25) is 5.91 Å². The maximum atomic E-state index is 11.8. The van der Waals surface area contributed by atoms with E-state index < -0.39 is 0 Å². The van der Waals surface area contributed by atoms with Crippen LogP contribution in [0.3, 0.4) is 0 Å². The minimum absolute atomic E-state index is 0.101. The molecule has 0 aromatic heterocycles. The second-order valence-electron chi connectivity index (χ2n) is 3.85. The third-order valence-corrected chi connectivity index (χ3v) is 2.84. The zero-order valence-corrected chi connectivity index (χ0v) is 10.3. The molecule has 1 heterocycles. The van der Waals surface area contributed by atoms with E-state index in [0.717, 1.165) is 39.3 Å². The molecule has 1 aliphatic heterocycles. The van der Waals surface area contributed by atoms with E-state index in [-0.39, 0.29) is 17.9 Å². The standard InChI is InChI=1S/C10H18N2O2.CH4O/c1-8(7-13)12(2)10(14)9-3-5-11-6-4-9;1-2/h7-9,11H,3-6H2,1-2H3;2H,1H3/t8-;/m0./s1. The van der Waals surface area contributed by atoms with Gasteiger partial charge in [-0.3, -0.25) is 4.79 Å². The normalized spacial score (nSPS) is 18.0. The SMILES string of the molecule is CO.C[C@@H](C=O)N(C)C(=O)C1CCNCC1. The highest BCUT2D eigenvalue weighted by atomic mass is 16.2. The van der Waals surface area contributed by atoms with Gasteiger partial charge in [0.05, 0.1) is 6.04 Å². The number of aldehydes is 1.